The predicted octanol–water partition coefficient (Wildman–Crippen LogP) is 5.46. The first-order valence-electron chi connectivity index (χ1n) is 9.83. The van der Waals surface area contributed by atoms with E-state index in [2.05, 4.69) is 17.4 Å². The summed E-state index contributed by atoms with van der Waals surface area (Å²) in [5.41, 5.74) is 2.97. The van der Waals surface area contributed by atoms with Crippen LogP contribution in [0.3, 0.4) is 0 Å². The van der Waals surface area contributed by atoms with Crippen LogP contribution < -0.4 is 5.32 Å². The topological polar surface area (TPSA) is 55.4 Å². The van der Waals surface area contributed by atoms with Gasteiger partial charge in [0.25, 0.3) is 0 Å². The zero-order valence-corrected chi connectivity index (χ0v) is 17.9. The molecule has 1 N–H and O–H groups in total. The minimum Gasteiger partial charge on any atom is -0.465 e. The summed E-state index contributed by atoms with van der Waals surface area (Å²) in [5, 5.41) is 3.65. The molecule has 3 rings (SSSR count). The SMILES string of the molecule is COC(=O)c1c(NC(=O)CCCSCc2ccccc2)sc2c1CCCCC2. The molecule has 6 heteroatoms. The number of thioether (sulfide) groups is 1. The molecule has 1 aliphatic rings. The minimum absolute atomic E-state index is 0.0260. The molecule has 1 amide bonds. The number of anilines is 1. The Kier molecular flexibility index (Phi) is 7.98. The van der Waals surface area contributed by atoms with Crippen LogP contribution in [0, 0.1) is 0 Å². The molecular weight excluding hydrogens is 390 g/mol. The maximum Gasteiger partial charge on any atom is 0.341 e. The van der Waals surface area contributed by atoms with Gasteiger partial charge < -0.3 is 10.1 Å². The molecule has 0 bridgehead atoms. The summed E-state index contributed by atoms with van der Waals surface area (Å²) in [6, 6.07) is 10.4. The van der Waals surface area contributed by atoms with Crippen molar-refractivity contribution in [3.8, 4) is 0 Å². The molecule has 28 heavy (non-hydrogen) atoms. The van der Waals surface area contributed by atoms with E-state index in [1.165, 1.54) is 24.0 Å². The van der Waals surface area contributed by atoms with Gasteiger partial charge in [-0.1, -0.05) is 36.8 Å². The number of benzene rings is 1. The largest absolute Gasteiger partial charge is 0.465 e. The van der Waals surface area contributed by atoms with Crippen LogP contribution in [-0.2, 0) is 28.1 Å². The maximum absolute atomic E-state index is 12.4. The van der Waals surface area contributed by atoms with Gasteiger partial charge in [-0.05, 0) is 49.0 Å². The second-order valence-electron chi connectivity index (χ2n) is 6.95. The second-order valence-corrected chi connectivity index (χ2v) is 9.16. The summed E-state index contributed by atoms with van der Waals surface area (Å²) in [7, 11) is 1.40. The molecule has 1 aromatic heterocycles. The van der Waals surface area contributed by atoms with Crippen LogP contribution in [0.15, 0.2) is 30.3 Å². The molecule has 0 atom stereocenters. The number of ether oxygens (including phenoxy) is 1. The summed E-state index contributed by atoms with van der Waals surface area (Å²) >= 11 is 3.39. The molecule has 2 aromatic rings. The van der Waals surface area contributed by atoms with Gasteiger partial charge in [0, 0.05) is 17.1 Å². The van der Waals surface area contributed by atoms with Gasteiger partial charge in [-0.3, -0.25) is 4.79 Å². The van der Waals surface area contributed by atoms with E-state index < -0.39 is 0 Å². The second kappa shape index (κ2) is 10.7. The molecule has 0 unspecified atom stereocenters. The average Bonchev–Trinajstić information content (AvgIpc) is 2.88. The summed E-state index contributed by atoms with van der Waals surface area (Å²) in [6.45, 7) is 0. The summed E-state index contributed by atoms with van der Waals surface area (Å²) in [6.07, 6.45) is 6.56. The number of carbonyl (C=O) groups excluding carboxylic acids is 2. The number of rotatable bonds is 8. The first kappa shape index (κ1) is 20.9. The molecular formula is C22H27NO3S2. The third kappa shape index (κ3) is 5.61. The van der Waals surface area contributed by atoms with Crippen molar-refractivity contribution in [1.82, 2.24) is 0 Å². The zero-order chi connectivity index (χ0) is 19.8. The van der Waals surface area contributed by atoms with Crippen molar-refractivity contribution < 1.29 is 14.3 Å². The van der Waals surface area contributed by atoms with E-state index >= 15 is 0 Å². The van der Waals surface area contributed by atoms with Crippen molar-refractivity contribution in [2.75, 3.05) is 18.2 Å². The van der Waals surface area contributed by atoms with Crippen LogP contribution in [0.25, 0.3) is 0 Å². The third-order valence-electron chi connectivity index (χ3n) is 4.87. The highest BCUT2D eigenvalue weighted by molar-refractivity contribution is 7.98. The van der Waals surface area contributed by atoms with Crippen LogP contribution in [0.4, 0.5) is 5.00 Å². The smallest absolute Gasteiger partial charge is 0.341 e. The Morgan fingerprint density at radius 2 is 1.93 bits per heavy atom. The molecule has 1 aromatic carbocycles. The lowest BCUT2D eigenvalue weighted by Crippen LogP contribution is -2.14. The number of amides is 1. The lowest BCUT2D eigenvalue weighted by atomic mass is 10.1. The van der Waals surface area contributed by atoms with Gasteiger partial charge in [0.05, 0.1) is 12.7 Å². The summed E-state index contributed by atoms with van der Waals surface area (Å²) < 4.78 is 4.99. The number of fused-ring (bicyclic) bond motifs is 1. The van der Waals surface area contributed by atoms with E-state index in [0.717, 1.165) is 49.2 Å². The number of esters is 1. The fraction of sp³-hybridized carbons (Fsp3) is 0.455. The zero-order valence-electron chi connectivity index (χ0n) is 16.3. The normalized spacial score (nSPS) is 13.5. The van der Waals surface area contributed by atoms with Crippen LogP contribution >= 0.6 is 23.1 Å². The van der Waals surface area contributed by atoms with Crippen molar-refractivity contribution in [3.05, 3.63) is 51.9 Å². The Labute approximate surface area is 175 Å². The van der Waals surface area contributed by atoms with E-state index in [1.54, 1.807) is 11.3 Å². The van der Waals surface area contributed by atoms with Crippen LogP contribution in [0.2, 0.25) is 0 Å². The van der Waals surface area contributed by atoms with Gasteiger partial charge >= 0.3 is 5.97 Å². The van der Waals surface area contributed by atoms with Crippen molar-refractivity contribution >= 4 is 40.0 Å². The molecule has 1 aliphatic carbocycles. The molecule has 0 radical (unpaired) electrons. The van der Waals surface area contributed by atoms with Crippen molar-refractivity contribution in [3.63, 3.8) is 0 Å². The lowest BCUT2D eigenvalue weighted by molar-refractivity contribution is -0.116. The first-order valence-corrected chi connectivity index (χ1v) is 11.8. The Morgan fingerprint density at radius 3 is 2.71 bits per heavy atom. The molecule has 0 spiro atoms. The lowest BCUT2D eigenvalue weighted by Gasteiger charge is -2.07. The minimum atomic E-state index is -0.340. The van der Waals surface area contributed by atoms with Crippen molar-refractivity contribution in [1.29, 1.82) is 0 Å². The van der Waals surface area contributed by atoms with Crippen molar-refractivity contribution in [2.45, 2.75) is 50.7 Å². The monoisotopic (exact) mass is 417 g/mol. The first-order chi connectivity index (χ1) is 13.7. The number of methoxy groups -OCH3 is 1. The Bertz CT molecular complexity index is 802. The van der Waals surface area contributed by atoms with E-state index in [4.69, 9.17) is 4.74 Å². The summed E-state index contributed by atoms with van der Waals surface area (Å²) in [5.74, 6) is 1.54. The van der Waals surface area contributed by atoms with Gasteiger partial charge in [-0.15, -0.1) is 11.3 Å². The molecule has 1 heterocycles. The van der Waals surface area contributed by atoms with E-state index in [1.807, 2.05) is 30.0 Å². The maximum atomic E-state index is 12.4. The van der Waals surface area contributed by atoms with Gasteiger partial charge in [0.15, 0.2) is 0 Å². The number of aryl methyl sites for hydroxylation is 1. The van der Waals surface area contributed by atoms with E-state index in [9.17, 15) is 9.59 Å². The number of carbonyl (C=O) groups is 2. The predicted molar refractivity (Wildman–Crippen MR) is 117 cm³/mol. The Balaban J connectivity index is 1.52. The molecule has 4 nitrogen and oxygen atoms in total. The van der Waals surface area contributed by atoms with Gasteiger partial charge in [0.2, 0.25) is 5.91 Å². The van der Waals surface area contributed by atoms with Gasteiger partial charge in [-0.2, -0.15) is 11.8 Å². The quantitative estimate of drug-likeness (QED) is 0.352. The fourth-order valence-corrected chi connectivity index (χ4v) is 5.65. The molecule has 0 saturated heterocycles. The van der Waals surface area contributed by atoms with E-state index in [0.29, 0.717) is 17.0 Å². The standard InChI is InChI=1S/C22H27NO3S2/c1-26-22(25)20-17-11-6-3-7-12-18(17)28-21(20)23-19(24)13-8-14-27-15-16-9-4-2-5-10-16/h2,4-5,9-10H,3,6-8,11-15H2,1H3,(H,23,24). The molecule has 150 valence electrons. The highest BCUT2D eigenvalue weighted by Crippen LogP contribution is 2.38. The fourth-order valence-electron chi connectivity index (χ4n) is 3.44. The number of nitrogens with one attached hydrogen (secondary N) is 1. The van der Waals surface area contributed by atoms with Crippen LogP contribution in [-0.4, -0.2) is 24.7 Å². The Morgan fingerprint density at radius 1 is 1.14 bits per heavy atom. The van der Waals surface area contributed by atoms with Crippen LogP contribution in [0.5, 0.6) is 0 Å². The number of thiophene rings is 1. The molecule has 0 fully saturated rings. The van der Waals surface area contributed by atoms with E-state index in [-0.39, 0.29) is 11.9 Å². The summed E-state index contributed by atoms with van der Waals surface area (Å²) in [4.78, 5) is 26.0. The third-order valence-corrected chi connectivity index (χ3v) is 7.19. The number of hydrogen-bond donors (Lipinski definition) is 1. The van der Waals surface area contributed by atoms with Gasteiger partial charge in [0.1, 0.15) is 5.00 Å². The van der Waals surface area contributed by atoms with Crippen molar-refractivity contribution in [2.24, 2.45) is 0 Å². The molecule has 0 aliphatic heterocycles. The highest BCUT2D eigenvalue weighted by Gasteiger charge is 2.26. The highest BCUT2D eigenvalue weighted by atomic mass is 32.2. The average molecular weight is 418 g/mol. The number of hydrogen-bond acceptors (Lipinski definition) is 5. The molecule has 0 saturated carbocycles. The van der Waals surface area contributed by atoms with Gasteiger partial charge in [-0.25, -0.2) is 4.79 Å². The Hall–Kier alpha value is -1.79. The van der Waals surface area contributed by atoms with Crippen LogP contribution in [0.1, 0.15) is 58.5 Å².